The third kappa shape index (κ3) is 4.42. The molecule has 0 bridgehead atoms. The summed E-state index contributed by atoms with van der Waals surface area (Å²) in [4.78, 5) is 23.7. The number of hydrogen-bond donors (Lipinski definition) is 2. The second-order valence-electron chi connectivity index (χ2n) is 6.48. The highest BCUT2D eigenvalue weighted by Crippen LogP contribution is 2.28. The normalized spacial score (nSPS) is 11.0. The Balaban J connectivity index is 1.85. The molecule has 2 aromatic carbocycles. The summed E-state index contributed by atoms with van der Waals surface area (Å²) >= 11 is 0. The van der Waals surface area contributed by atoms with Gasteiger partial charge in [-0.2, -0.15) is 5.26 Å². The first-order valence-electron chi connectivity index (χ1n) is 8.82. The Bertz CT molecular complexity index is 1150. The molecule has 6 nitrogen and oxygen atoms in total. The lowest BCUT2D eigenvalue weighted by Crippen LogP contribution is -2.13. The van der Waals surface area contributed by atoms with Gasteiger partial charge in [-0.3, -0.25) is 4.79 Å². The van der Waals surface area contributed by atoms with Crippen LogP contribution in [0.2, 0.25) is 0 Å². The van der Waals surface area contributed by atoms with Crippen LogP contribution < -0.4 is 5.32 Å². The molecular formula is C23H18N2O4. The molecule has 144 valence electrons. The number of benzene rings is 2. The molecule has 2 N–H and O–H groups in total. The quantitative estimate of drug-likeness (QED) is 0.484. The third-order valence-electron chi connectivity index (χ3n) is 4.42. The molecule has 1 heterocycles. The fourth-order valence-corrected chi connectivity index (χ4v) is 2.84. The predicted octanol–water partition coefficient (Wildman–Crippen LogP) is 4.81. The first-order chi connectivity index (χ1) is 13.9. The van der Waals surface area contributed by atoms with Crippen LogP contribution in [0.5, 0.6) is 0 Å². The third-order valence-corrected chi connectivity index (χ3v) is 4.42. The van der Waals surface area contributed by atoms with Gasteiger partial charge < -0.3 is 14.8 Å². The van der Waals surface area contributed by atoms with E-state index in [0.717, 1.165) is 5.56 Å². The van der Waals surface area contributed by atoms with E-state index >= 15 is 0 Å². The van der Waals surface area contributed by atoms with Crippen LogP contribution in [0.4, 0.5) is 5.69 Å². The summed E-state index contributed by atoms with van der Waals surface area (Å²) in [5.41, 5.74) is 2.93. The Morgan fingerprint density at radius 3 is 2.45 bits per heavy atom. The number of amides is 1. The number of carbonyl (C=O) groups excluding carboxylic acids is 1. The van der Waals surface area contributed by atoms with Gasteiger partial charge in [-0.05, 0) is 49.7 Å². The molecule has 29 heavy (non-hydrogen) atoms. The summed E-state index contributed by atoms with van der Waals surface area (Å²) in [6.45, 7) is 3.64. The Labute approximate surface area is 167 Å². The van der Waals surface area contributed by atoms with Gasteiger partial charge in [0.1, 0.15) is 23.2 Å². The molecular weight excluding hydrogens is 368 g/mol. The number of anilines is 1. The molecule has 1 amide bonds. The van der Waals surface area contributed by atoms with Gasteiger partial charge in [0.25, 0.3) is 5.91 Å². The Morgan fingerprint density at radius 1 is 1.07 bits per heavy atom. The number of aromatic carboxylic acids is 1. The average Bonchev–Trinajstić information content (AvgIpc) is 3.16. The van der Waals surface area contributed by atoms with E-state index in [1.807, 2.05) is 25.1 Å². The SMILES string of the molecule is Cc1ccc(NC(=O)/C(C#N)=C\c2ccc(-c3cccc(C(=O)O)c3C)o2)cc1. The van der Waals surface area contributed by atoms with E-state index < -0.39 is 11.9 Å². The van der Waals surface area contributed by atoms with Crippen molar-refractivity contribution in [2.75, 3.05) is 5.32 Å². The van der Waals surface area contributed by atoms with Gasteiger partial charge in [0.15, 0.2) is 0 Å². The van der Waals surface area contributed by atoms with Crippen LogP contribution in [0.25, 0.3) is 17.4 Å². The summed E-state index contributed by atoms with van der Waals surface area (Å²) in [7, 11) is 0. The van der Waals surface area contributed by atoms with Gasteiger partial charge in [-0.15, -0.1) is 0 Å². The number of carboxylic acid groups (broad SMARTS) is 1. The monoisotopic (exact) mass is 386 g/mol. The lowest BCUT2D eigenvalue weighted by molar-refractivity contribution is -0.112. The molecule has 0 aliphatic rings. The summed E-state index contributed by atoms with van der Waals surface area (Å²) in [5.74, 6) is -0.794. The zero-order chi connectivity index (χ0) is 21.0. The van der Waals surface area contributed by atoms with Gasteiger partial charge in [0, 0.05) is 17.3 Å². The minimum atomic E-state index is -1.02. The van der Waals surface area contributed by atoms with Crippen LogP contribution in [0, 0.1) is 25.2 Å². The lowest BCUT2D eigenvalue weighted by Gasteiger charge is -2.06. The number of rotatable bonds is 5. The molecule has 0 unspecified atom stereocenters. The Kier molecular flexibility index (Phi) is 5.61. The molecule has 0 aliphatic heterocycles. The van der Waals surface area contributed by atoms with Crippen molar-refractivity contribution < 1.29 is 19.1 Å². The van der Waals surface area contributed by atoms with Crippen LogP contribution in [-0.4, -0.2) is 17.0 Å². The van der Waals surface area contributed by atoms with Crippen LogP contribution in [-0.2, 0) is 4.79 Å². The fourth-order valence-electron chi connectivity index (χ4n) is 2.84. The first-order valence-corrected chi connectivity index (χ1v) is 8.82. The van der Waals surface area contributed by atoms with Crippen molar-refractivity contribution in [3.63, 3.8) is 0 Å². The number of hydrogen-bond acceptors (Lipinski definition) is 4. The fraction of sp³-hybridized carbons (Fsp3) is 0.0870. The summed E-state index contributed by atoms with van der Waals surface area (Å²) in [5, 5.41) is 21.3. The van der Waals surface area contributed by atoms with E-state index in [2.05, 4.69) is 5.32 Å². The number of carbonyl (C=O) groups is 2. The van der Waals surface area contributed by atoms with E-state index in [1.165, 1.54) is 12.1 Å². The lowest BCUT2D eigenvalue weighted by atomic mass is 10.0. The Morgan fingerprint density at radius 2 is 1.79 bits per heavy atom. The van der Waals surface area contributed by atoms with E-state index in [9.17, 15) is 20.0 Å². The van der Waals surface area contributed by atoms with Crippen LogP contribution in [0.3, 0.4) is 0 Å². The zero-order valence-electron chi connectivity index (χ0n) is 15.9. The van der Waals surface area contributed by atoms with E-state index in [-0.39, 0.29) is 11.1 Å². The smallest absolute Gasteiger partial charge is 0.335 e. The summed E-state index contributed by atoms with van der Waals surface area (Å²) < 4.78 is 5.73. The zero-order valence-corrected chi connectivity index (χ0v) is 15.9. The number of aryl methyl sites for hydroxylation is 1. The first kappa shape index (κ1) is 19.6. The van der Waals surface area contributed by atoms with Crippen molar-refractivity contribution in [3.05, 3.63) is 82.6 Å². The standard InChI is InChI=1S/C23H18N2O4/c1-14-6-8-17(9-7-14)25-22(26)16(13-24)12-18-10-11-21(29-18)19-4-3-5-20(15(19)2)23(27)28/h3-12H,1-2H3,(H,25,26)(H,27,28)/b16-12-. The van der Waals surface area contributed by atoms with E-state index in [4.69, 9.17) is 4.42 Å². The molecule has 0 saturated heterocycles. The van der Waals surface area contributed by atoms with Crippen LogP contribution >= 0.6 is 0 Å². The molecule has 0 fully saturated rings. The van der Waals surface area contributed by atoms with Crippen molar-refractivity contribution >= 4 is 23.6 Å². The van der Waals surface area contributed by atoms with Crippen molar-refractivity contribution in [1.29, 1.82) is 5.26 Å². The van der Waals surface area contributed by atoms with Crippen molar-refractivity contribution in [2.24, 2.45) is 0 Å². The van der Waals surface area contributed by atoms with E-state index in [0.29, 0.717) is 28.3 Å². The minimum absolute atomic E-state index is 0.109. The topological polar surface area (TPSA) is 103 Å². The van der Waals surface area contributed by atoms with Crippen LogP contribution in [0.1, 0.15) is 27.2 Å². The number of nitriles is 1. The average molecular weight is 386 g/mol. The van der Waals surface area contributed by atoms with Gasteiger partial charge in [0.05, 0.1) is 5.56 Å². The highest BCUT2D eigenvalue weighted by molar-refractivity contribution is 6.09. The molecule has 0 atom stereocenters. The maximum atomic E-state index is 12.4. The summed E-state index contributed by atoms with van der Waals surface area (Å²) in [6.07, 6.45) is 1.35. The van der Waals surface area contributed by atoms with Gasteiger partial charge in [-0.1, -0.05) is 29.8 Å². The highest BCUT2D eigenvalue weighted by Gasteiger charge is 2.15. The molecule has 0 spiro atoms. The van der Waals surface area contributed by atoms with Gasteiger partial charge in [0.2, 0.25) is 0 Å². The number of nitrogens with zero attached hydrogens (tertiary/aromatic N) is 1. The van der Waals surface area contributed by atoms with Crippen LogP contribution in [0.15, 0.2) is 64.6 Å². The van der Waals surface area contributed by atoms with Crippen molar-refractivity contribution in [3.8, 4) is 17.4 Å². The molecule has 0 aliphatic carbocycles. The maximum Gasteiger partial charge on any atom is 0.335 e. The maximum absolute atomic E-state index is 12.4. The second kappa shape index (κ2) is 8.28. The van der Waals surface area contributed by atoms with E-state index in [1.54, 1.807) is 43.3 Å². The number of carboxylic acids is 1. The second-order valence-corrected chi connectivity index (χ2v) is 6.48. The highest BCUT2D eigenvalue weighted by atomic mass is 16.4. The molecule has 6 heteroatoms. The molecule has 3 rings (SSSR count). The molecule has 3 aromatic rings. The number of furan rings is 1. The largest absolute Gasteiger partial charge is 0.478 e. The number of nitrogens with one attached hydrogen (secondary N) is 1. The minimum Gasteiger partial charge on any atom is -0.478 e. The van der Waals surface area contributed by atoms with Crippen molar-refractivity contribution in [1.82, 2.24) is 0 Å². The van der Waals surface area contributed by atoms with Gasteiger partial charge in [-0.25, -0.2) is 4.79 Å². The predicted molar refractivity (Wildman–Crippen MR) is 109 cm³/mol. The molecule has 0 saturated carbocycles. The van der Waals surface area contributed by atoms with Crippen molar-refractivity contribution in [2.45, 2.75) is 13.8 Å². The molecule has 0 radical (unpaired) electrons. The Hall–Kier alpha value is -4.11. The molecule has 1 aromatic heterocycles. The van der Waals surface area contributed by atoms with Gasteiger partial charge >= 0.3 is 5.97 Å². The summed E-state index contributed by atoms with van der Waals surface area (Å²) in [6, 6.07) is 17.3.